The summed E-state index contributed by atoms with van der Waals surface area (Å²) in [6.07, 6.45) is 2.91. The maximum Gasteiger partial charge on any atom is 0.226 e. The highest BCUT2D eigenvalue weighted by Crippen LogP contribution is 2.36. The van der Waals surface area contributed by atoms with Gasteiger partial charge in [-0.2, -0.15) is 11.8 Å². The van der Waals surface area contributed by atoms with Crippen LogP contribution in [0.5, 0.6) is 0 Å². The number of benzene rings is 1. The van der Waals surface area contributed by atoms with Crippen LogP contribution in [0.15, 0.2) is 33.7 Å². The van der Waals surface area contributed by atoms with Crippen LogP contribution in [-0.2, 0) is 4.79 Å². The predicted molar refractivity (Wildman–Crippen MR) is 122 cm³/mol. The first kappa shape index (κ1) is 22.6. The lowest BCUT2D eigenvalue weighted by Gasteiger charge is -2.24. The highest BCUT2D eigenvalue weighted by molar-refractivity contribution is 14.0. The first-order valence-electron chi connectivity index (χ1n) is 8.15. The minimum atomic E-state index is -0.0152. The molecule has 8 heteroatoms. The number of hydrogen-bond donors (Lipinski definition) is 3. The van der Waals surface area contributed by atoms with Crippen molar-refractivity contribution in [2.24, 2.45) is 4.99 Å². The molecule has 1 fully saturated rings. The van der Waals surface area contributed by atoms with Crippen molar-refractivity contribution in [3.05, 3.63) is 28.7 Å². The molecule has 2 rings (SSSR count). The fourth-order valence-corrected chi connectivity index (χ4v) is 4.03. The van der Waals surface area contributed by atoms with Gasteiger partial charge in [0.2, 0.25) is 5.91 Å². The Balaban J connectivity index is 0.00000312. The summed E-state index contributed by atoms with van der Waals surface area (Å²) in [5, 5.41) is 9.44. The van der Waals surface area contributed by atoms with E-state index in [2.05, 4.69) is 43.8 Å². The molecule has 1 saturated heterocycles. The van der Waals surface area contributed by atoms with Crippen LogP contribution in [0, 0.1) is 0 Å². The zero-order valence-electron chi connectivity index (χ0n) is 14.6. The van der Waals surface area contributed by atoms with Gasteiger partial charge in [-0.3, -0.25) is 9.79 Å². The normalized spacial score (nSPS) is 19.9. The average molecular weight is 541 g/mol. The van der Waals surface area contributed by atoms with Crippen LogP contribution in [0.2, 0.25) is 0 Å². The molecule has 1 aliphatic rings. The molecule has 140 valence electrons. The molecule has 1 aromatic carbocycles. The number of nitrogens with zero attached hydrogens (tertiary/aromatic N) is 1. The van der Waals surface area contributed by atoms with E-state index in [4.69, 9.17) is 0 Å². The number of halogens is 2. The molecule has 1 heterocycles. The number of aliphatic imine (C=N–C) groups is 1. The maximum absolute atomic E-state index is 12.0. The molecule has 0 aliphatic carbocycles. The van der Waals surface area contributed by atoms with Crippen molar-refractivity contribution in [3.63, 3.8) is 0 Å². The summed E-state index contributed by atoms with van der Waals surface area (Å²) in [5.74, 6) is 1.97. The number of hydrogen-bond acceptors (Lipinski definition) is 3. The fraction of sp³-hybridized carbons (Fsp3) is 0.529. The number of anilines is 1. The second-order valence-corrected chi connectivity index (χ2v) is 8.66. The van der Waals surface area contributed by atoms with Gasteiger partial charge in [-0.05, 0) is 49.8 Å². The van der Waals surface area contributed by atoms with Crippen LogP contribution in [0.4, 0.5) is 5.69 Å². The molecule has 5 nitrogen and oxygen atoms in total. The standard InChI is InChI=1S/C17H25BrN4OS.HI/c1-17(9-3-11-24-17)12-21-16(19-2)20-10-8-15(23)22-14-6-4-13(18)5-7-14;/h4-7H,3,8-12H2,1-2H3,(H,22,23)(H2,19,20,21);1H. The lowest BCUT2D eigenvalue weighted by Crippen LogP contribution is -2.44. The number of rotatable bonds is 6. The van der Waals surface area contributed by atoms with E-state index in [1.54, 1.807) is 7.05 Å². The second-order valence-electron chi connectivity index (χ2n) is 6.06. The summed E-state index contributed by atoms with van der Waals surface area (Å²) >= 11 is 5.39. The number of thioether (sulfide) groups is 1. The van der Waals surface area contributed by atoms with E-state index in [1.165, 1.54) is 18.6 Å². The van der Waals surface area contributed by atoms with Crippen molar-refractivity contribution in [2.75, 3.05) is 31.2 Å². The fourth-order valence-electron chi connectivity index (χ4n) is 2.52. The summed E-state index contributed by atoms with van der Waals surface area (Å²) < 4.78 is 1.28. The van der Waals surface area contributed by atoms with E-state index in [1.807, 2.05) is 36.0 Å². The van der Waals surface area contributed by atoms with Gasteiger partial charge < -0.3 is 16.0 Å². The van der Waals surface area contributed by atoms with E-state index >= 15 is 0 Å². The van der Waals surface area contributed by atoms with Crippen molar-refractivity contribution in [3.8, 4) is 0 Å². The molecule has 1 unspecified atom stereocenters. The lowest BCUT2D eigenvalue weighted by atomic mass is 10.1. The number of nitrogens with one attached hydrogen (secondary N) is 3. The molecule has 0 spiro atoms. The van der Waals surface area contributed by atoms with Gasteiger partial charge >= 0.3 is 0 Å². The summed E-state index contributed by atoms with van der Waals surface area (Å²) in [4.78, 5) is 16.2. The van der Waals surface area contributed by atoms with Crippen LogP contribution >= 0.6 is 51.7 Å². The summed E-state index contributed by atoms with van der Waals surface area (Å²) in [7, 11) is 1.75. The smallest absolute Gasteiger partial charge is 0.226 e. The van der Waals surface area contributed by atoms with Gasteiger partial charge in [0.05, 0.1) is 0 Å². The van der Waals surface area contributed by atoms with Gasteiger partial charge in [0.1, 0.15) is 0 Å². The minimum absolute atomic E-state index is 0. The zero-order valence-corrected chi connectivity index (χ0v) is 19.3. The van der Waals surface area contributed by atoms with Gasteiger partial charge in [0, 0.05) is 41.5 Å². The van der Waals surface area contributed by atoms with Gasteiger partial charge in [-0.25, -0.2) is 0 Å². The molecule has 1 aliphatic heterocycles. The Hall–Kier alpha value is -0.480. The molecule has 25 heavy (non-hydrogen) atoms. The van der Waals surface area contributed by atoms with Gasteiger partial charge in [0.25, 0.3) is 0 Å². The minimum Gasteiger partial charge on any atom is -0.356 e. The molecule has 0 bridgehead atoms. The number of carbonyl (C=O) groups is 1. The van der Waals surface area contributed by atoms with E-state index in [0.29, 0.717) is 13.0 Å². The lowest BCUT2D eigenvalue weighted by molar-refractivity contribution is -0.116. The average Bonchev–Trinajstić information content (AvgIpc) is 3.00. The van der Waals surface area contributed by atoms with Gasteiger partial charge in [0.15, 0.2) is 5.96 Å². The highest BCUT2D eigenvalue weighted by Gasteiger charge is 2.29. The third-order valence-corrected chi connectivity index (χ3v) is 5.99. The van der Waals surface area contributed by atoms with Crippen LogP contribution in [-0.4, -0.2) is 42.5 Å². The molecule has 1 atom stereocenters. The van der Waals surface area contributed by atoms with E-state index in [9.17, 15) is 4.79 Å². The van der Waals surface area contributed by atoms with Crippen LogP contribution in [0.1, 0.15) is 26.2 Å². The highest BCUT2D eigenvalue weighted by atomic mass is 127. The SMILES string of the molecule is CN=C(NCCC(=O)Nc1ccc(Br)cc1)NCC1(C)CCCS1.I. The van der Waals surface area contributed by atoms with Crippen molar-refractivity contribution in [1.29, 1.82) is 0 Å². The molecule has 0 saturated carbocycles. The van der Waals surface area contributed by atoms with Crippen molar-refractivity contribution >= 4 is 69.2 Å². The topological polar surface area (TPSA) is 65.5 Å². The zero-order chi connectivity index (χ0) is 17.4. The summed E-state index contributed by atoms with van der Waals surface area (Å²) in [6.45, 7) is 3.73. The largest absolute Gasteiger partial charge is 0.356 e. The summed E-state index contributed by atoms with van der Waals surface area (Å²) in [6, 6.07) is 7.55. The van der Waals surface area contributed by atoms with Crippen LogP contribution in [0.3, 0.4) is 0 Å². The Morgan fingerprint density at radius 3 is 2.64 bits per heavy atom. The van der Waals surface area contributed by atoms with Gasteiger partial charge in [-0.1, -0.05) is 15.9 Å². The monoisotopic (exact) mass is 540 g/mol. The maximum atomic E-state index is 12.0. The molecule has 3 N–H and O–H groups in total. The first-order valence-corrected chi connectivity index (χ1v) is 9.92. The molecular formula is C17H26BrIN4OS. The van der Waals surface area contributed by atoms with E-state index in [-0.39, 0.29) is 34.6 Å². The van der Waals surface area contributed by atoms with Crippen LogP contribution in [0.25, 0.3) is 0 Å². The third-order valence-electron chi connectivity index (χ3n) is 3.93. The molecule has 0 aromatic heterocycles. The number of guanidine groups is 1. The quantitative estimate of drug-likeness (QED) is 0.291. The van der Waals surface area contributed by atoms with E-state index < -0.39 is 0 Å². The Morgan fingerprint density at radius 2 is 2.04 bits per heavy atom. The summed E-state index contributed by atoms with van der Waals surface area (Å²) in [5.41, 5.74) is 0.803. The Labute approximate surface area is 179 Å². The molecule has 1 aromatic rings. The third kappa shape index (κ3) is 8.17. The van der Waals surface area contributed by atoms with Gasteiger partial charge in [-0.15, -0.1) is 24.0 Å². The Kier molecular flexibility index (Phi) is 10.2. The Bertz CT molecular complexity index is 577. The molecule has 1 amide bonds. The molecular weight excluding hydrogens is 515 g/mol. The number of carbonyl (C=O) groups excluding carboxylic acids is 1. The van der Waals surface area contributed by atoms with Crippen LogP contribution < -0.4 is 16.0 Å². The first-order chi connectivity index (χ1) is 11.5. The second kappa shape index (κ2) is 11.3. The van der Waals surface area contributed by atoms with Crippen molar-refractivity contribution in [1.82, 2.24) is 10.6 Å². The predicted octanol–water partition coefficient (Wildman–Crippen LogP) is 3.85. The van der Waals surface area contributed by atoms with Crippen molar-refractivity contribution < 1.29 is 4.79 Å². The van der Waals surface area contributed by atoms with Crippen molar-refractivity contribution in [2.45, 2.75) is 30.9 Å². The Morgan fingerprint density at radius 1 is 1.32 bits per heavy atom. The number of amides is 1. The molecule has 0 radical (unpaired) electrons. The van der Waals surface area contributed by atoms with E-state index in [0.717, 1.165) is 22.7 Å².